The Bertz CT molecular complexity index is 742. The van der Waals surface area contributed by atoms with Crippen molar-refractivity contribution in [1.29, 1.82) is 0 Å². The van der Waals surface area contributed by atoms with Gasteiger partial charge >= 0.3 is 17.3 Å². The van der Waals surface area contributed by atoms with E-state index in [1.807, 2.05) is 0 Å². The summed E-state index contributed by atoms with van der Waals surface area (Å²) >= 11 is 0. The third-order valence-corrected chi connectivity index (χ3v) is 2.24. The Morgan fingerprint density at radius 1 is 1.00 bits per heavy atom. The average molecular weight is 258 g/mol. The van der Waals surface area contributed by atoms with Crippen molar-refractivity contribution >= 4 is 16.8 Å². The lowest BCUT2D eigenvalue weighted by Gasteiger charge is -2.05. The molecule has 5 nitrogen and oxygen atoms in total. The molecule has 0 amide bonds. The lowest BCUT2D eigenvalue weighted by atomic mass is 10.1. The molecule has 1 aromatic carbocycles. The number of carbonyl (C=O) groups excluding carboxylic acids is 1. The van der Waals surface area contributed by atoms with Crippen LogP contribution in [0.5, 0.6) is 0 Å². The second-order valence-electron chi connectivity index (χ2n) is 3.50. The van der Waals surface area contributed by atoms with Crippen molar-refractivity contribution in [2.24, 2.45) is 0 Å². The van der Waals surface area contributed by atoms with E-state index in [1.165, 1.54) is 0 Å². The van der Waals surface area contributed by atoms with Crippen LogP contribution in [0.1, 0.15) is 10.4 Å². The van der Waals surface area contributed by atoms with Gasteiger partial charge in [-0.05, 0) is 18.2 Å². The number of aromatic amines is 2. The molecule has 18 heavy (non-hydrogen) atoms. The minimum absolute atomic E-state index is 0.0466. The van der Waals surface area contributed by atoms with Crippen LogP contribution in [0.25, 0.3) is 11.0 Å². The quantitative estimate of drug-likeness (QED) is 0.590. The Morgan fingerprint density at radius 3 is 2.11 bits per heavy atom. The molecular formula is C10H5F3N2O3. The molecule has 0 atom stereocenters. The maximum atomic E-state index is 12.2. The second kappa shape index (κ2) is 3.83. The monoisotopic (exact) mass is 258 g/mol. The largest absolute Gasteiger partial charge is 0.454 e. The van der Waals surface area contributed by atoms with E-state index in [4.69, 9.17) is 0 Å². The summed E-state index contributed by atoms with van der Waals surface area (Å²) in [5, 5.41) is 0. The zero-order chi connectivity index (χ0) is 13.5. The molecule has 0 bridgehead atoms. The number of halogens is 3. The van der Waals surface area contributed by atoms with Crippen LogP contribution in [0.4, 0.5) is 13.2 Å². The van der Waals surface area contributed by atoms with Crippen molar-refractivity contribution in [1.82, 2.24) is 9.97 Å². The molecule has 0 aliphatic carbocycles. The number of nitrogens with one attached hydrogen (secondary N) is 2. The first kappa shape index (κ1) is 12.1. The summed E-state index contributed by atoms with van der Waals surface area (Å²) < 4.78 is 36.6. The van der Waals surface area contributed by atoms with Crippen LogP contribution in [0, 0.1) is 0 Å². The third-order valence-electron chi connectivity index (χ3n) is 2.24. The number of carbonyl (C=O) groups is 1. The predicted octanol–water partition coefficient (Wildman–Crippen LogP) is 0.961. The van der Waals surface area contributed by atoms with Gasteiger partial charge in [0.05, 0.1) is 11.0 Å². The number of rotatable bonds is 1. The third kappa shape index (κ3) is 2.04. The van der Waals surface area contributed by atoms with Gasteiger partial charge in [-0.1, -0.05) is 0 Å². The molecule has 2 N–H and O–H groups in total. The molecule has 0 saturated carbocycles. The van der Waals surface area contributed by atoms with Crippen LogP contribution < -0.4 is 11.1 Å². The summed E-state index contributed by atoms with van der Waals surface area (Å²) in [6.45, 7) is 0. The van der Waals surface area contributed by atoms with Gasteiger partial charge in [-0.3, -0.25) is 14.4 Å². The van der Waals surface area contributed by atoms with Gasteiger partial charge in [0.15, 0.2) is 0 Å². The van der Waals surface area contributed by atoms with Gasteiger partial charge in [0.2, 0.25) is 0 Å². The van der Waals surface area contributed by atoms with Gasteiger partial charge < -0.3 is 9.97 Å². The highest BCUT2D eigenvalue weighted by atomic mass is 19.4. The maximum absolute atomic E-state index is 12.2. The summed E-state index contributed by atoms with van der Waals surface area (Å²) in [6, 6.07) is 2.90. The van der Waals surface area contributed by atoms with E-state index in [9.17, 15) is 27.6 Å². The fourth-order valence-electron chi connectivity index (χ4n) is 1.42. The predicted molar refractivity (Wildman–Crippen MR) is 55.6 cm³/mol. The molecule has 2 rings (SSSR count). The van der Waals surface area contributed by atoms with Crippen LogP contribution >= 0.6 is 0 Å². The molecule has 0 unspecified atom stereocenters. The highest BCUT2D eigenvalue weighted by Gasteiger charge is 2.39. The Labute approximate surface area is 96.3 Å². The molecule has 94 valence electrons. The first-order valence-corrected chi connectivity index (χ1v) is 4.67. The van der Waals surface area contributed by atoms with Gasteiger partial charge in [0.1, 0.15) is 0 Å². The molecule has 0 aliphatic heterocycles. The molecule has 0 radical (unpaired) electrons. The van der Waals surface area contributed by atoms with Crippen molar-refractivity contribution in [2.45, 2.75) is 6.18 Å². The van der Waals surface area contributed by atoms with Crippen LogP contribution in [0.2, 0.25) is 0 Å². The van der Waals surface area contributed by atoms with Crippen LogP contribution in [-0.2, 0) is 0 Å². The van der Waals surface area contributed by atoms with E-state index in [0.29, 0.717) is 0 Å². The number of fused-ring (bicyclic) bond motifs is 1. The number of aromatic nitrogens is 2. The van der Waals surface area contributed by atoms with Gasteiger partial charge in [-0.25, -0.2) is 0 Å². The first-order valence-electron chi connectivity index (χ1n) is 4.67. The molecule has 0 aliphatic rings. The lowest BCUT2D eigenvalue weighted by molar-refractivity contribution is -0.0885. The zero-order valence-corrected chi connectivity index (χ0v) is 8.59. The van der Waals surface area contributed by atoms with Gasteiger partial charge in [-0.2, -0.15) is 13.2 Å². The van der Waals surface area contributed by atoms with Gasteiger partial charge in [0.25, 0.3) is 5.78 Å². The van der Waals surface area contributed by atoms with Crippen molar-refractivity contribution < 1.29 is 18.0 Å². The Balaban J connectivity index is 2.65. The number of hydrogen-bond acceptors (Lipinski definition) is 3. The number of ketones is 1. The fraction of sp³-hybridized carbons (Fsp3) is 0.100. The van der Waals surface area contributed by atoms with Crippen LogP contribution in [0.15, 0.2) is 27.8 Å². The van der Waals surface area contributed by atoms with Crippen LogP contribution in [-0.4, -0.2) is 21.9 Å². The number of Topliss-reactive ketones (excluding diaryl/α,β-unsaturated/α-hetero) is 1. The SMILES string of the molecule is O=C(c1ccc2[nH]c(=O)c(=O)[nH]c2c1)C(F)(F)F. The second-order valence-corrected chi connectivity index (χ2v) is 3.50. The van der Waals surface area contributed by atoms with Gasteiger partial charge in [0, 0.05) is 5.56 Å². The Hall–Kier alpha value is -2.38. The highest BCUT2D eigenvalue weighted by Crippen LogP contribution is 2.22. The molecule has 0 fully saturated rings. The topological polar surface area (TPSA) is 82.8 Å². The zero-order valence-electron chi connectivity index (χ0n) is 8.59. The maximum Gasteiger partial charge on any atom is 0.454 e. The van der Waals surface area contributed by atoms with Crippen molar-refractivity contribution in [3.8, 4) is 0 Å². The highest BCUT2D eigenvalue weighted by molar-refractivity contribution is 6.02. The molecule has 1 aromatic heterocycles. The van der Waals surface area contributed by atoms with E-state index >= 15 is 0 Å². The minimum Gasteiger partial charge on any atom is -0.316 e. The van der Waals surface area contributed by atoms with Crippen molar-refractivity contribution in [2.75, 3.05) is 0 Å². The molecule has 8 heteroatoms. The van der Waals surface area contributed by atoms with Crippen molar-refractivity contribution in [3.63, 3.8) is 0 Å². The molecule has 0 saturated heterocycles. The average Bonchev–Trinajstić information content (AvgIpc) is 2.28. The van der Waals surface area contributed by atoms with E-state index in [0.717, 1.165) is 18.2 Å². The summed E-state index contributed by atoms with van der Waals surface area (Å²) in [4.78, 5) is 37.2. The van der Waals surface area contributed by atoms with E-state index in [2.05, 4.69) is 9.97 Å². The summed E-state index contributed by atoms with van der Waals surface area (Å²) in [5.74, 6) is -2.02. The smallest absolute Gasteiger partial charge is 0.316 e. The Morgan fingerprint density at radius 2 is 1.56 bits per heavy atom. The standard InChI is InChI=1S/C10H5F3N2O3/c11-10(12,13)7(16)4-1-2-5-6(3-4)15-9(18)8(17)14-5/h1-3H,(H,14,17)(H,15,18). The van der Waals surface area contributed by atoms with Crippen LogP contribution in [0.3, 0.4) is 0 Å². The van der Waals surface area contributed by atoms with E-state index < -0.39 is 28.6 Å². The summed E-state index contributed by atoms with van der Waals surface area (Å²) in [5.41, 5.74) is -2.44. The first-order chi connectivity index (χ1) is 8.29. The molecule has 2 aromatic rings. The number of hydrogen-bond donors (Lipinski definition) is 2. The fourth-order valence-corrected chi connectivity index (χ4v) is 1.42. The van der Waals surface area contributed by atoms with Crippen molar-refractivity contribution in [3.05, 3.63) is 44.5 Å². The lowest BCUT2D eigenvalue weighted by Crippen LogP contribution is -2.29. The van der Waals surface area contributed by atoms with E-state index in [1.54, 1.807) is 0 Å². The Kier molecular flexibility index (Phi) is 2.57. The normalized spacial score (nSPS) is 11.7. The number of alkyl halides is 3. The minimum atomic E-state index is -4.99. The van der Waals surface area contributed by atoms with E-state index in [-0.39, 0.29) is 11.0 Å². The summed E-state index contributed by atoms with van der Waals surface area (Å²) in [6.07, 6.45) is -4.99. The number of H-pyrrole nitrogens is 2. The number of benzene rings is 1. The summed E-state index contributed by atoms with van der Waals surface area (Å²) in [7, 11) is 0. The molecular weight excluding hydrogens is 253 g/mol. The molecule has 1 heterocycles. The molecule has 0 spiro atoms. The van der Waals surface area contributed by atoms with Gasteiger partial charge in [-0.15, -0.1) is 0 Å².